The maximum Gasteiger partial charge on any atom is 0.253 e. The SMILES string of the molecule is CN(C)C(=O)c1ccc(-c2c[nH]c3ncc(-c4ccc5c(c4)CCNC5)cc23)cc1. The largest absolute Gasteiger partial charge is 0.346 e. The zero-order chi connectivity index (χ0) is 20.7. The van der Waals surface area contributed by atoms with Gasteiger partial charge in [-0.15, -0.1) is 0 Å². The molecule has 1 amide bonds. The van der Waals surface area contributed by atoms with Crippen LogP contribution in [0.15, 0.2) is 60.9 Å². The molecule has 3 heterocycles. The van der Waals surface area contributed by atoms with Gasteiger partial charge in [0.25, 0.3) is 5.91 Å². The highest BCUT2D eigenvalue weighted by Gasteiger charge is 2.13. The molecule has 2 N–H and O–H groups in total. The molecule has 0 saturated carbocycles. The van der Waals surface area contributed by atoms with Crippen LogP contribution in [0.5, 0.6) is 0 Å². The Morgan fingerprint density at radius 2 is 1.77 bits per heavy atom. The number of carbonyl (C=O) groups is 1. The van der Waals surface area contributed by atoms with Gasteiger partial charge in [-0.2, -0.15) is 0 Å². The summed E-state index contributed by atoms with van der Waals surface area (Å²) in [6, 6.07) is 16.7. The molecule has 1 aliphatic rings. The maximum absolute atomic E-state index is 12.2. The molecule has 0 bridgehead atoms. The van der Waals surface area contributed by atoms with Gasteiger partial charge < -0.3 is 15.2 Å². The van der Waals surface area contributed by atoms with Gasteiger partial charge in [0, 0.05) is 55.1 Å². The second kappa shape index (κ2) is 7.43. The predicted molar refractivity (Wildman–Crippen MR) is 120 cm³/mol. The summed E-state index contributed by atoms with van der Waals surface area (Å²) in [5.41, 5.74) is 8.82. The second-order valence-electron chi connectivity index (χ2n) is 8.01. The summed E-state index contributed by atoms with van der Waals surface area (Å²) < 4.78 is 0. The first-order chi connectivity index (χ1) is 14.6. The third kappa shape index (κ3) is 3.27. The van der Waals surface area contributed by atoms with E-state index in [4.69, 9.17) is 0 Å². The number of nitrogens with zero attached hydrogens (tertiary/aromatic N) is 2. The zero-order valence-corrected chi connectivity index (χ0v) is 17.2. The minimum absolute atomic E-state index is 0.00652. The van der Waals surface area contributed by atoms with E-state index >= 15 is 0 Å². The van der Waals surface area contributed by atoms with Crippen LogP contribution in [0.3, 0.4) is 0 Å². The van der Waals surface area contributed by atoms with E-state index in [1.54, 1.807) is 19.0 Å². The Morgan fingerprint density at radius 3 is 2.57 bits per heavy atom. The van der Waals surface area contributed by atoms with E-state index in [0.717, 1.165) is 47.2 Å². The molecule has 0 aliphatic carbocycles. The molecule has 5 heteroatoms. The van der Waals surface area contributed by atoms with Crippen LogP contribution in [0, 0.1) is 0 Å². The number of nitrogens with one attached hydrogen (secondary N) is 2. The smallest absolute Gasteiger partial charge is 0.253 e. The molecule has 150 valence electrons. The molecule has 30 heavy (non-hydrogen) atoms. The number of pyridine rings is 1. The molecule has 0 atom stereocenters. The van der Waals surface area contributed by atoms with Crippen molar-refractivity contribution in [2.75, 3.05) is 20.6 Å². The molecule has 5 nitrogen and oxygen atoms in total. The van der Waals surface area contributed by atoms with Gasteiger partial charge in [-0.05, 0) is 53.4 Å². The first-order valence-corrected chi connectivity index (χ1v) is 10.2. The van der Waals surface area contributed by atoms with Gasteiger partial charge in [-0.1, -0.05) is 30.3 Å². The van der Waals surface area contributed by atoms with Crippen LogP contribution in [0.4, 0.5) is 0 Å². The maximum atomic E-state index is 12.2. The lowest BCUT2D eigenvalue weighted by Crippen LogP contribution is -2.23. The molecule has 4 aromatic rings. The average molecular weight is 396 g/mol. The summed E-state index contributed by atoms with van der Waals surface area (Å²) in [6.07, 6.45) is 4.99. The van der Waals surface area contributed by atoms with E-state index < -0.39 is 0 Å². The number of benzene rings is 2. The molecule has 0 saturated heterocycles. The van der Waals surface area contributed by atoms with Crippen LogP contribution < -0.4 is 5.32 Å². The summed E-state index contributed by atoms with van der Waals surface area (Å²) in [6.45, 7) is 1.98. The lowest BCUT2D eigenvalue weighted by Gasteiger charge is -2.18. The number of carbonyl (C=O) groups excluding carboxylic acids is 1. The number of H-pyrrole nitrogens is 1. The number of hydrogen-bond acceptors (Lipinski definition) is 3. The Bertz CT molecular complexity index is 1240. The van der Waals surface area contributed by atoms with Crippen molar-refractivity contribution in [1.29, 1.82) is 0 Å². The summed E-state index contributed by atoms with van der Waals surface area (Å²) in [7, 11) is 3.53. The van der Waals surface area contributed by atoms with Crippen LogP contribution in [0.25, 0.3) is 33.3 Å². The van der Waals surface area contributed by atoms with Crippen molar-refractivity contribution in [2.24, 2.45) is 0 Å². The van der Waals surface area contributed by atoms with Crippen LogP contribution in [0.1, 0.15) is 21.5 Å². The first-order valence-electron chi connectivity index (χ1n) is 10.2. The number of amides is 1. The third-order valence-electron chi connectivity index (χ3n) is 5.81. The number of rotatable bonds is 3. The Kier molecular flexibility index (Phi) is 4.60. The molecule has 0 spiro atoms. The van der Waals surface area contributed by atoms with Gasteiger partial charge in [0.2, 0.25) is 0 Å². The fourth-order valence-electron chi connectivity index (χ4n) is 4.11. The van der Waals surface area contributed by atoms with E-state index in [1.165, 1.54) is 16.7 Å². The topological polar surface area (TPSA) is 61.0 Å². The van der Waals surface area contributed by atoms with Gasteiger partial charge in [0.05, 0.1) is 0 Å². The first kappa shape index (κ1) is 18.6. The number of aromatic amines is 1. The van der Waals surface area contributed by atoms with Crippen molar-refractivity contribution < 1.29 is 4.79 Å². The van der Waals surface area contributed by atoms with Crippen molar-refractivity contribution in [3.8, 4) is 22.3 Å². The molecular weight excluding hydrogens is 372 g/mol. The Morgan fingerprint density at radius 1 is 0.967 bits per heavy atom. The summed E-state index contributed by atoms with van der Waals surface area (Å²) in [5, 5.41) is 4.51. The number of aromatic nitrogens is 2. The Balaban J connectivity index is 1.53. The van der Waals surface area contributed by atoms with Crippen LogP contribution in [-0.4, -0.2) is 41.4 Å². The van der Waals surface area contributed by atoms with Crippen LogP contribution in [-0.2, 0) is 13.0 Å². The predicted octanol–water partition coefficient (Wildman–Crippen LogP) is 4.24. The molecule has 1 aliphatic heterocycles. The molecule has 5 rings (SSSR count). The minimum atomic E-state index is 0.00652. The highest BCUT2D eigenvalue weighted by Crippen LogP contribution is 2.32. The fraction of sp³-hybridized carbons (Fsp3) is 0.200. The molecule has 0 unspecified atom stereocenters. The third-order valence-corrected chi connectivity index (χ3v) is 5.81. The van der Waals surface area contributed by atoms with E-state index in [2.05, 4.69) is 39.6 Å². The van der Waals surface area contributed by atoms with E-state index in [1.807, 2.05) is 36.7 Å². The van der Waals surface area contributed by atoms with E-state index in [-0.39, 0.29) is 5.91 Å². The number of fused-ring (bicyclic) bond motifs is 2. The highest BCUT2D eigenvalue weighted by molar-refractivity contribution is 5.98. The lowest BCUT2D eigenvalue weighted by molar-refractivity contribution is 0.0827. The van der Waals surface area contributed by atoms with Gasteiger partial charge in [-0.25, -0.2) is 4.98 Å². The second-order valence-corrected chi connectivity index (χ2v) is 8.01. The van der Waals surface area contributed by atoms with Gasteiger partial charge in [0.1, 0.15) is 5.65 Å². The quantitative estimate of drug-likeness (QED) is 0.544. The van der Waals surface area contributed by atoms with Crippen molar-refractivity contribution >= 4 is 16.9 Å². The van der Waals surface area contributed by atoms with Crippen molar-refractivity contribution in [3.63, 3.8) is 0 Å². The normalized spacial score (nSPS) is 13.3. The average Bonchev–Trinajstić information content (AvgIpc) is 3.21. The molecule has 2 aromatic carbocycles. The summed E-state index contributed by atoms with van der Waals surface area (Å²) >= 11 is 0. The fourth-order valence-corrected chi connectivity index (χ4v) is 4.11. The van der Waals surface area contributed by atoms with Gasteiger partial charge in [0.15, 0.2) is 0 Å². The van der Waals surface area contributed by atoms with Gasteiger partial charge in [-0.3, -0.25) is 4.79 Å². The van der Waals surface area contributed by atoms with Crippen LogP contribution >= 0.6 is 0 Å². The standard InChI is InChI=1S/C25H24N4O/c1-29(2)25(30)17-5-3-16(4-6-17)23-15-28-24-22(23)12-21(14-27-24)18-7-8-20-13-26-10-9-19(20)11-18/h3-8,11-12,14-15,26H,9-10,13H2,1-2H3,(H,27,28). The Labute approximate surface area is 175 Å². The summed E-state index contributed by atoms with van der Waals surface area (Å²) in [5.74, 6) is 0.00652. The summed E-state index contributed by atoms with van der Waals surface area (Å²) in [4.78, 5) is 21.7. The van der Waals surface area contributed by atoms with Crippen molar-refractivity contribution in [3.05, 3.63) is 77.6 Å². The highest BCUT2D eigenvalue weighted by atomic mass is 16.2. The van der Waals surface area contributed by atoms with Crippen LogP contribution in [0.2, 0.25) is 0 Å². The minimum Gasteiger partial charge on any atom is -0.346 e. The molecule has 2 aromatic heterocycles. The zero-order valence-electron chi connectivity index (χ0n) is 17.2. The number of hydrogen-bond donors (Lipinski definition) is 2. The van der Waals surface area contributed by atoms with E-state index in [0.29, 0.717) is 5.56 Å². The van der Waals surface area contributed by atoms with Crippen molar-refractivity contribution in [2.45, 2.75) is 13.0 Å². The Hall–Kier alpha value is -3.44. The van der Waals surface area contributed by atoms with E-state index in [9.17, 15) is 4.79 Å². The lowest BCUT2D eigenvalue weighted by atomic mass is 9.95. The van der Waals surface area contributed by atoms with Gasteiger partial charge >= 0.3 is 0 Å². The molecular formula is C25H24N4O. The monoisotopic (exact) mass is 396 g/mol. The molecule has 0 radical (unpaired) electrons. The van der Waals surface area contributed by atoms with Crippen molar-refractivity contribution in [1.82, 2.24) is 20.2 Å². The molecule has 0 fully saturated rings.